The lowest BCUT2D eigenvalue weighted by molar-refractivity contribution is 0.132. The van der Waals surface area contributed by atoms with Crippen molar-refractivity contribution in [2.45, 2.75) is 72.8 Å². The summed E-state index contributed by atoms with van der Waals surface area (Å²) in [6.07, 6.45) is 7.04. The number of piperazine rings is 1. The molecule has 0 aromatic carbocycles. The Kier molecular flexibility index (Phi) is 7.38. The SMILES string of the molecule is CC(C)CCCCCCN1CCNC(C(C)(C)C)C1. The van der Waals surface area contributed by atoms with Crippen LogP contribution in [0.3, 0.4) is 0 Å². The Morgan fingerprint density at radius 2 is 1.79 bits per heavy atom. The maximum absolute atomic E-state index is 3.67. The largest absolute Gasteiger partial charge is 0.311 e. The molecule has 0 aromatic rings. The average molecular weight is 268 g/mol. The third kappa shape index (κ3) is 7.31. The van der Waals surface area contributed by atoms with Crippen molar-refractivity contribution >= 4 is 0 Å². The summed E-state index contributed by atoms with van der Waals surface area (Å²) in [6, 6.07) is 0.655. The molecule has 1 heterocycles. The van der Waals surface area contributed by atoms with Gasteiger partial charge in [-0.3, -0.25) is 0 Å². The molecule has 2 heteroatoms. The van der Waals surface area contributed by atoms with Gasteiger partial charge < -0.3 is 10.2 Å². The highest BCUT2D eigenvalue weighted by Crippen LogP contribution is 2.22. The van der Waals surface area contributed by atoms with Gasteiger partial charge in [-0.25, -0.2) is 0 Å². The lowest BCUT2D eigenvalue weighted by Gasteiger charge is -2.40. The second-order valence-electron chi connectivity index (χ2n) is 7.77. The molecule has 0 radical (unpaired) electrons. The first kappa shape index (κ1) is 17.0. The molecule has 0 saturated carbocycles. The molecule has 1 aliphatic rings. The molecule has 1 unspecified atom stereocenters. The smallest absolute Gasteiger partial charge is 0.0244 e. The fraction of sp³-hybridized carbons (Fsp3) is 1.00. The summed E-state index contributed by atoms with van der Waals surface area (Å²) in [5.41, 5.74) is 0.385. The van der Waals surface area contributed by atoms with Crippen molar-refractivity contribution in [2.24, 2.45) is 11.3 Å². The maximum Gasteiger partial charge on any atom is 0.0244 e. The molecule has 114 valence electrons. The van der Waals surface area contributed by atoms with Crippen molar-refractivity contribution < 1.29 is 0 Å². The zero-order valence-corrected chi connectivity index (χ0v) is 14.0. The van der Waals surface area contributed by atoms with E-state index in [0.717, 1.165) is 12.5 Å². The fourth-order valence-electron chi connectivity index (χ4n) is 2.84. The first-order chi connectivity index (χ1) is 8.89. The summed E-state index contributed by atoms with van der Waals surface area (Å²) < 4.78 is 0. The standard InChI is InChI=1S/C17H36N2/c1-15(2)10-8-6-7-9-12-19-13-11-18-16(14-19)17(3,4)5/h15-16,18H,6-14H2,1-5H3. The molecule has 1 N–H and O–H groups in total. The molecule has 0 aliphatic carbocycles. The van der Waals surface area contributed by atoms with Gasteiger partial charge in [-0.2, -0.15) is 0 Å². The molecule has 1 fully saturated rings. The van der Waals surface area contributed by atoms with Crippen LogP contribution in [0.2, 0.25) is 0 Å². The van der Waals surface area contributed by atoms with Crippen LogP contribution in [-0.4, -0.2) is 37.1 Å². The predicted octanol–water partition coefficient (Wildman–Crippen LogP) is 3.91. The van der Waals surface area contributed by atoms with E-state index in [1.807, 2.05) is 0 Å². The minimum Gasteiger partial charge on any atom is -0.311 e. The first-order valence-corrected chi connectivity index (χ1v) is 8.35. The molecule has 0 amide bonds. The first-order valence-electron chi connectivity index (χ1n) is 8.35. The Morgan fingerprint density at radius 3 is 2.42 bits per heavy atom. The normalized spacial score (nSPS) is 22.1. The van der Waals surface area contributed by atoms with Gasteiger partial charge in [-0.05, 0) is 24.3 Å². The van der Waals surface area contributed by atoms with Gasteiger partial charge in [-0.1, -0.05) is 60.3 Å². The molecule has 1 aliphatic heterocycles. The van der Waals surface area contributed by atoms with Crippen LogP contribution in [0.4, 0.5) is 0 Å². The molecule has 0 aromatic heterocycles. The number of nitrogens with zero attached hydrogens (tertiary/aromatic N) is 1. The van der Waals surface area contributed by atoms with Gasteiger partial charge in [0.25, 0.3) is 0 Å². The van der Waals surface area contributed by atoms with E-state index in [2.05, 4.69) is 44.8 Å². The van der Waals surface area contributed by atoms with E-state index in [9.17, 15) is 0 Å². The van der Waals surface area contributed by atoms with Gasteiger partial charge >= 0.3 is 0 Å². The van der Waals surface area contributed by atoms with E-state index < -0.39 is 0 Å². The third-order valence-electron chi connectivity index (χ3n) is 4.31. The highest BCUT2D eigenvalue weighted by molar-refractivity contribution is 4.87. The van der Waals surface area contributed by atoms with Gasteiger partial charge in [-0.15, -0.1) is 0 Å². The van der Waals surface area contributed by atoms with Crippen LogP contribution in [0, 0.1) is 11.3 Å². The molecular weight excluding hydrogens is 232 g/mol. The minimum atomic E-state index is 0.385. The Bertz CT molecular complexity index is 230. The summed E-state index contributed by atoms with van der Waals surface area (Å²) in [5.74, 6) is 0.876. The molecular formula is C17H36N2. The molecule has 1 atom stereocenters. The van der Waals surface area contributed by atoms with Crippen molar-refractivity contribution in [3.63, 3.8) is 0 Å². The van der Waals surface area contributed by atoms with E-state index in [4.69, 9.17) is 0 Å². The molecule has 1 rings (SSSR count). The van der Waals surface area contributed by atoms with E-state index >= 15 is 0 Å². The number of nitrogens with one attached hydrogen (secondary N) is 1. The van der Waals surface area contributed by atoms with Crippen molar-refractivity contribution in [1.29, 1.82) is 0 Å². The summed E-state index contributed by atoms with van der Waals surface area (Å²) in [6.45, 7) is 16.6. The van der Waals surface area contributed by atoms with E-state index in [-0.39, 0.29) is 0 Å². The van der Waals surface area contributed by atoms with Crippen LogP contribution in [0.25, 0.3) is 0 Å². The number of rotatable bonds is 7. The molecule has 2 nitrogen and oxygen atoms in total. The lowest BCUT2D eigenvalue weighted by Crippen LogP contribution is -2.55. The monoisotopic (exact) mass is 268 g/mol. The van der Waals surface area contributed by atoms with Crippen LogP contribution < -0.4 is 5.32 Å². The number of unbranched alkanes of at least 4 members (excludes halogenated alkanes) is 3. The van der Waals surface area contributed by atoms with Crippen LogP contribution in [0.5, 0.6) is 0 Å². The van der Waals surface area contributed by atoms with Gasteiger partial charge in [0.2, 0.25) is 0 Å². The van der Waals surface area contributed by atoms with Gasteiger partial charge in [0.05, 0.1) is 0 Å². The second kappa shape index (κ2) is 8.26. The summed E-state index contributed by atoms with van der Waals surface area (Å²) in [4.78, 5) is 2.66. The molecule has 19 heavy (non-hydrogen) atoms. The Labute approximate surface area is 121 Å². The third-order valence-corrected chi connectivity index (χ3v) is 4.31. The van der Waals surface area contributed by atoms with Crippen molar-refractivity contribution in [1.82, 2.24) is 10.2 Å². The quantitative estimate of drug-likeness (QED) is 0.704. The van der Waals surface area contributed by atoms with Gasteiger partial charge in [0.1, 0.15) is 0 Å². The molecule has 0 spiro atoms. The number of hydrogen-bond donors (Lipinski definition) is 1. The maximum atomic E-state index is 3.67. The Balaban J connectivity index is 2.09. The van der Waals surface area contributed by atoms with Crippen molar-refractivity contribution in [3.8, 4) is 0 Å². The van der Waals surface area contributed by atoms with Crippen molar-refractivity contribution in [2.75, 3.05) is 26.2 Å². The van der Waals surface area contributed by atoms with E-state index in [0.29, 0.717) is 11.5 Å². The number of hydrogen-bond acceptors (Lipinski definition) is 2. The molecule has 0 bridgehead atoms. The summed E-state index contributed by atoms with van der Waals surface area (Å²) in [7, 11) is 0. The summed E-state index contributed by atoms with van der Waals surface area (Å²) >= 11 is 0. The highest BCUT2D eigenvalue weighted by atomic mass is 15.2. The van der Waals surface area contributed by atoms with Crippen LogP contribution in [0.1, 0.15) is 66.7 Å². The average Bonchev–Trinajstić information content (AvgIpc) is 2.32. The topological polar surface area (TPSA) is 15.3 Å². The van der Waals surface area contributed by atoms with E-state index in [1.54, 1.807) is 0 Å². The predicted molar refractivity (Wildman–Crippen MR) is 85.6 cm³/mol. The second-order valence-corrected chi connectivity index (χ2v) is 7.77. The van der Waals surface area contributed by atoms with Crippen LogP contribution in [-0.2, 0) is 0 Å². The zero-order chi connectivity index (χ0) is 14.3. The van der Waals surface area contributed by atoms with Crippen molar-refractivity contribution in [3.05, 3.63) is 0 Å². The zero-order valence-electron chi connectivity index (χ0n) is 14.0. The minimum absolute atomic E-state index is 0.385. The lowest BCUT2D eigenvalue weighted by atomic mass is 9.85. The van der Waals surface area contributed by atoms with Crippen LogP contribution >= 0.6 is 0 Å². The molecule has 1 saturated heterocycles. The van der Waals surface area contributed by atoms with Crippen LogP contribution in [0.15, 0.2) is 0 Å². The fourth-order valence-corrected chi connectivity index (χ4v) is 2.84. The van der Waals surface area contributed by atoms with Gasteiger partial charge in [0, 0.05) is 25.7 Å². The highest BCUT2D eigenvalue weighted by Gasteiger charge is 2.28. The van der Waals surface area contributed by atoms with E-state index in [1.165, 1.54) is 51.7 Å². The van der Waals surface area contributed by atoms with Gasteiger partial charge in [0.15, 0.2) is 0 Å². The summed E-state index contributed by atoms with van der Waals surface area (Å²) in [5, 5.41) is 3.67. The Morgan fingerprint density at radius 1 is 1.11 bits per heavy atom. The Hall–Kier alpha value is -0.0800.